The molecule has 144 valence electrons. The Balaban J connectivity index is 1.96. The molecule has 1 amide bonds. The zero-order valence-electron chi connectivity index (χ0n) is 15.7. The number of nitrogens with one attached hydrogen (secondary N) is 1. The molecule has 1 N–H and O–H groups in total. The maximum atomic E-state index is 14.3. The molecule has 0 spiro atoms. The van der Waals surface area contributed by atoms with E-state index < -0.39 is 23.3 Å². The molecule has 6 nitrogen and oxygen atoms in total. The van der Waals surface area contributed by atoms with Crippen molar-refractivity contribution in [1.82, 2.24) is 15.3 Å². The number of benzene rings is 1. The summed E-state index contributed by atoms with van der Waals surface area (Å²) in [5.74, 6) is -0.831. The third-order valence-electron chi connectivity index (χ3n) is 3.29. The van der Waals surface area contributed by atoms with Gasteiger partial charge in [-0.15, -0.1) is 0 Å². The van der Waals surface area contributed by atoms with Crippen LogP contribution in [0.25, 0.3) is 11.4 Å². The molecule has 0 aliphatic carbocycles. The van der Waals surface area contributed by atoms with Crippen LogP contribution in [0.2, 0.25) is 0 Å². The predicted octanol–water partition coefficient (Wildman–Crippen LogP) is 3.75. The Morgan fingerprint density at radius 3 is 2.56 bits per heavy atom. The first-order valence-electron chi connectivity index (χ1n) is 8.41. The molecule has 27 heavy (non-hydrogen) atoms. The molecule has 0 radical (unpaired) electrons. The zero-order chi connectivity index (χ0) is 20.0. The molecule has 0 saturated carbocycles. The number of aromatic nitrogens is 2. The highest BCUT2D eigenvalue weighted by atomic mass is 19.1. The SMILES string of the molecule is C[C@@H](CNC(=O)OC(C)(C)C)N=Cc1ccc(-c2ncc(F)cn2)cc1F. The smallest absolute Gasteiger partial charge is 0.407 e. The summed E-state index contributed by atoms with van der Waals surface area (Å²) >= 11 is 0. The quantitative estimate of drug-likeness (QED) is 0.806. The number of aliphatic imine (C=N–C) groups is 1. The molecular formula is C19H22F2N4O2. The van der Waals surface area contributed by atoms with E-state index in [0.29, 0.717) is 5.56 Å². The van der Waals surface area contributed by atoms with Crippen LogP contribution < -0.4 is 5.32 Å². The summed E-state index contributed by atoms with van der Waals surface area (Å²) in [6.45, 7) is 7.37. The van der Waals surface area contributed by atoms with Gasteiger partial charge < -0.3 is 10.1 Å². The molecule has 1 atom stereocenters. The van der Waals surface area contributed by atoms with Gasteiger partial charge in [0.15, 0.2) is 11.6 Å². The standard InChI is InChI=1S/C19H22F2N4O2/c1-12(8-25-18(26)27-19(2,3)4)22-9-14-6-5-13(7-16(14)21)17-23-10-15(20)11-24-17/h5-7,9-12H,8H2,1-4H3,(H,25,26)/t12-/m0/s1. The first kappa shape index (κ1) is 20.4. The van der Waals surface area contributed by atoms with Gasteiger partial charge in [0.1, 0.15) is 11.4 Å². The second-order valence-electron chi connectivity index (χ2n) is 6.97. The van der Waals surface area contributed by atoms with E-state index in [1.165, 1.54) is 18.3 Å². The average molecular weight is 376 g/mol. The lowest BCUT2D eigenvalue weighted by molar-refractivity contribution is 0.0525. The summed E-state index contributed by atoms with van der Waals surface area (Å²) in [6, 6.07) is 4.16. The average Bonchev–Trinajstić information content (AvgIpc) is 2.58. The molecule has 0 saturated heterocycles. The number of carbonyl (C=O) groups is 1. The maximum Gasteiger partial charge on any atom is 0.407 e. The number of amides is 1. The number of ether oxygens (including phenoxy) is 1. The number of hydrogen-bond donors (Lipinski definition) is 1. The minimum atomic E-state index is -0.574. The topological polar surface area (TPSA) is 76.5 Å². The Morgan fingerprint density at radius 1 is 1.30 bits per heavy atom. The number of hydrogen-bond acceptors (Lipinski definition) is 5. The van der Waals surface area contributed by atoms with Crippen LogP contribution in [0.5, 0.6) is 0 Å². The number of alkyl carbamates (subject to hydrolysis) is 1. The lowest BCUT2D eigenvalue weighted by Gasteiger charge is -2.20. The molecule has 2 aromatic rings. The van der Waals surface area contributed by atoms with Crippen molar-refractivity contribution in [2.45, 2.75) is 39.3 Å². The third kappa shape index (κ3) is 6.73. The van der Waals surface area contributed by atoms with Gasteiger partial charge in [-0.1, -0.05) is 6.07 Å². The normalized spacial score (nSPS) is 12.8. The summed E-state index contributed by atoms with van der Waals surface area (Å²) in [5, 5.41) is 2.61. The molecule has 0 fully saturated rings. The largest absolute Gasteiger partial charge is 0.444 e. The van der Waals surface area contributed by atoms with E-state index >= 15 is 0 Å². The van der Waals surface area contributed by atoms with Crippen LogP contribution in [0.4, 0.5) is 13.6 Å². The van der Waals surface area contributed by atoms with Gasteiger partial charge in [0.2, 0.25) is 0 Å². The van der Waals surface area contributed by atoms with Crippen molar-refractivity contribution in [3.8, 4) is 11.4 Å². The Bertz CT molecular complexity index is 817. The first-order valence-corrected chi connectivity index (χ1v) is 8.41. The second-order valence-corrected chi connectivity index (χ2v) is 6.97. The van der Waals surface area contributed by atoms with Gasteiger partial charge in [0.25, 0.3) is 0 Å². The fourth-order valence-corrected chi connectivity index (χ4v) is 2.04. The van der Waals surface area contributed by atoms with Crippen LogP contribution in [-0.4, -0.2) is 40.5 Å². The van der Waals surface area contributed by atoms with Gasteiger partial charge in [-0.2, -0.15) is 0 Å². The van der Waals surface area contributed by atoms with Crippen LogP contribution in [0.3, 0.4) is 0 Å². The summed E-state index contributed by atoms with van der Waals surface area (Å²) < 4.78 is 32.3. The summed E-state index contributed by atoms with van der Waals surface area (Å²) in [6.07, 6.45) is 2.91. The van der Waals surface area contributed by atoms with E-state index in [1.54, 1.807) is 33.8 Å². The number of halogens is 2. The van der Waals surface area contributed by atoms with Crippen molar-refractivity contribution in [3.63, 3.8) is 0 Å². The van der Waals surface area contributed by atoms with Crippen molar-refractivity contribution < 1.29 is 18.3 Å². The molecule has 1 heterocycles. The van der Waals surface area contributed by atoms with Crippen molar-refractivity contribution in [2.75, 3.05) is 6.54 Å². The molecule has 2 rings (SSSR count). The molecule has 0 bridgehead atoms. The highest BCUT2D eigenvalue weighted by Crippen LogP contribution is 2.17. The monoisotopic (exact) mass is 376 g/mol. The summed E-state index contributed by atoms with van der Waals surface area (Å²) in [7, 11) is 0. The van der Waals surface area contributed by atoms with E-state index in [2.05, 4.69) is 20.3 Å². The molecular weight excluding hydrogens is 354 g/mol. The molecule has 0 unspecified atom stereocenters. The highest BCUT2D eigenvalue weighted by Gasteiger charge is 2.16. The zero-order valence-corrected chi connectivity index (χ0v) is 15.7. The van der Waals surface area contributed by atoms with E-state index in [-0.39, 0.29) is 24.0 Å². The van der Waals surface area contributed by atoms with Crippen LogP contribution in [0, 0.1) is 11.6 Å². The Hall–Kier alpha value is -2.90. The van der Waals surface area contributed by atoms with Crippen molar-refractivity contribution in [3.05, 3.63) is 47.8 Å². The molecule has 1 aromatic heterocycles. The van der Waals surface area contributed by atoms with E-state index in [4.69, 9.17) is 4.74 Å². The lowest BCUT2D eigenvalue weighted by atomic mass is 10.1. The number of carbonyl (C=O) groups excluding carboxylic acids is 1. The van der Waals surface area contributed by atoms with Crippen LogP contribution in [0.1, 0.15) is 33.3 Å². The van der Waals surface area contributed by atoms with Gasteiger partial charge in [-0.3, -0.25) is 4.99 Å². The first-order chi connectivity index (χ1) is 12.6. The van der Waals surface area contributed by atoms with Crippen molar-refractivity contribution >= 4 is 12.3 Å². The van der Waals surface area contributed by atoms with Crippen LogP contribution in [0.15, 0.2) is 35.6 Å². The molecule has 0 aliphatic rings. The Kier molecular flexibility index (Phi) is 6.55. The van der Waals surface area contributed by atoms with Gasteiger partial charge in [-0.25, -0.2) is 23.5 Å². The second kappa shape index (κ2) is 8.66. The van der Waals surface area contributed by atoms with Gasteiger partial charge >= 0.3 is 6.09 Å². The maximum absolute atomic E-state index is 14.3. The number of nitrogens with zero attached hydrogens (tertiary/aromatic N) is 3. The van der Waals surface area contributed by atoms with Crippen molar-refractivity contribution in [1.29, 1.82) is 0 Å². The van der Waals surface area contributed by atoms with Gasteiger partial charge in [0.05, 0.1) is 18.4 Å². The van der Waals surface area contributed by atoms with Gasteiger partial charge in [-0.05, 0) is 39.8 Å². The lowest BCUT2D eigenvalue weighted by Crippen LogP contribution is -2.35. The minimum Gasteiger partial charge on any atom is -0.444 e. The summed E-state index contributed by atoms with van der Waals surface area (Å²) in [5.41, 5.74) is 0.143. The molecule has 1 aromatic carbocycles. The van der Waals surface area contributed by atoms with E-state index in [9.17, 15) is 13.6 Å². The minimum absolute atomic E-state index is 0.230. The fraction of sp³-hybridized carbons (Fsp3) is 0.368. The van der Waals surface area contributed by atoms with Gasteiger partial charge in [0, 0.05) is 23.9 Å². The molecule has 0 aliphatic heterocycles. The highest BCUT2D eigenvalue weighted by molar-refractivity contribution is 5.81. The number of rotatable bonds is 5. The van der Waals surface area contributed by atoms with Crippen LogP contribution in [-0.2, 0) is 4.74 Å². The summed E-state index contributed by atoms with van der Waals surface area (Å²) in [4.78, 5) is 23.5. The molecule has 8 heteroatoms. The van der Waals surface area contributed by atoms with Crippen molar-refractivity contribution in [2.24, 2.45) is 4.99 Å². The van der Waals surface area contributed by atoms with E-state index in [0.717, 1.165) is 12.4 Å². The fourth-order valence-electron chi connectivity index (χ4n) is 2.04. The Labute approximate surface area is 156 Å². The Morgan fingerprint density at radius 2 is 1.96 bits per heavy atom. The third-order valence-corrected chi connectivity index (χ3v) is 3.29. The van der Waals surface area contributed by atoms with Crippen LogP contribution >= 0.6 is 0 Å². The predicted molar refractivity (Wildman–Crippen MR) is 98.7 cm³/mol. The van der Waals surface area contributed by atoms with E-state index in [1.807, 2.05) is 0 Å².